The SMILES string of the molecule is C.C.O=C(O)CC(=O)O.O=C(O)CC(=O)O.O=C([O-])CC(=O)O.O=C([O-])CC(=O)O.O=C([O-])CC(=O)O.O=C([O-])CC(=O)O.[Mg+2].[Mg+2].[Mg+2].[OH-].[OH-].[OH-].[O]=[Mg]. The quantitative estimate of drug-likeness (QED) is 0.0669. The average molecular weight is 817 g/mol. The van der Waals surface area contributed by atoms with Gasteiger partial charge in [-0.3, -0.25) is 38.4 Å². The number of carbonyl (C=O) groups is 12. The van der Waals surface area contributed by atoms with Crippen LogP contribution in [0.1, 0.15) is 53.4 Å². The Morgan fingerprint density at radius 1 is 0.308 bits per heavy atom. The first-order valence-corrected chi connectivity index (χ1v) is 10.2. The minimum atomic E-state index is -1.56. The summed E-state index contributed by atoms with van der Waals surface area (Å²) in [6.07, 6.45) is -5.28. The van der Waals surface area contributed by atoms with Crippen molar-refractivity contribution in [2.24, 2.45) is 0 Å². The molecule has 32 heteroatoms. The third-order valence-electron chi connectivity index (χ3n) is 1.79. The normalized spacial score (nSPS) is 6.58. The Kier molecular flexibility index (Phi) is 130. The molecule has 0 rings (SSSR count). The molecule has 0 aromatic carbocycles. The number of carbonyl (C=O) groups excluding carboxylic acids is 4. The molecule has 0 fully saturated rings. The van der Waals surface area contributed by atoms with E-state index in [0.717, 1.165) is 0 Å². The van der Waals surface area contributed by atoms with Gasteiger partial charge < -0.3 is 96.9 Å². The molecule has 0 heterocycles. The molecule has 0 saturated carbocycles. The fraction of sp³-hybridized carbons (Fsp3) is 0.400. The first kappa shape index (κ1) is 97.5. The molecule has 0 aliphatic heterocycles. The summed E-state index contributed by atoms with van der Waals surface area (Å²) in [5.41, 5.74) is 0. The molecule has 0 atom stereocenters. The Morgan fingerprint density at radius 2 is 0.385 bits per heavy atom. The van der Waals surface area contributed by atoms with Gasteiger partial charge in [-0.05, 0) is 0 Å². The van der Waals surface area contributed by atoms with Crippen molar-refractivity contribution in [1.82, 2.24) is 0 Å². The number of aliphatic carboxylic acids is 12. The van der Waals surface area contributed by atoms with Gasteiger partial charge in [0.2, 0.25) is 0 Å². The Balaban J connectivity index is -0.0000000233. The van der Waals surface area contributed by atoms with Crippen molar-refractivity contribution in [1.29, 1.82) is 0 Å². The van der Waals surface area contributed by atoms with Gasteiger partial charge in [0.15, 0.2) is 0 Å². The zero-order valence-corrected chi connectivity index (χ0v) is 30.6. The molecule has 0 amide bonds. The first-order chi connectivity index (χ1) is 19.8. The predicted octanol–water partition coefficient (Wildman–Crippen LogP) is -8.96. The standard InChI is InChI=1S/6C3H4O4.2CH4.4Mg.3H2O.O/c6*4-2(5)1-3(6)7;;;;;;;;;;/h6*1H2,(H,4,5)(H,6,7);2*1H4;;;;;3*1H2;/q;;;;;;;;;3*+2;;;;/p-7. The Morgan fingerprint density at radius 3 is 0.385 bits per heavy atom. The van der Waals surface area contributed by atoms with Crippen LogP contribution >= 0.6 is 0 Å². The summed E-state index contributed by atoms with van der Waals surface area (Å²) < 4.78 is 8.28. The van der Waals surface area contributed by atoms with Gasteiger partial charge in [-0.2, -0.15) is 0 Å². The summed E-state index contributed by atoms with van der Waals surface area (Å²) >= 11 is 0.611. The molecular weight excluding hydrogens is 785 g/mol. The van der Waals surface area contributed by atoms with E-state index in [2.05, 4.69) is 0 Å². The fourth-order valence-electron chi connectivity index (χ4n) is 0.753. The molecular formula is C20H31Mg4O28-. The van der Waals surface area contributed by atoms with Crippen molar-refractivity contribution in [3.8, 4) is 0 Å². The number of carboxylic acid groups (broad SMARTS) is 12. The van der Waals surface area contributed by atoms with Crippen LogP contribution in [0.25, 0.3) is 0 Å². The molecule has 0 radical (unpaired) electrons. The maximum absolute atomic E-state index is 9.43. The summed E-state index contributed by atoms with van der Waals surface area (Å²) in [5.74, 6) is -17.0. The van der Waals surface area contributed by atoms with E-state index in [-0.39, 0.29) is 100 Å². The molecule has 0 aliphatic rings. The predicted molar refractivity (Wildman–Crippen MR) is 152 cm³/mol. The van der Waals surface area contributed by atoms with E-state index in [4.69, 9.17) is 44.0 Å². The Labute approximate surface area is 352 Å². The molecule has 0 aromatic rings. The van der Waals surface area contributed by atoms with E-state index in [1.54, 1.807) is 0 Å². The van der Waals surface area contributed by atoms with Crippen LogP contribution in [0.15, 0.2) is 0 Å². The number of rotatable bonds is 12. The summed E-state index contributed by atoms with van der Waals surface area (Å²) in [6.45, 7) is 0. The second kappa shape index (κ2) is 69.2. The first-order valence-electron chi connectivity index (χ1n) is 9.59. The van der Waals surface area contributed by atoms with Crippen LogP contribution in [-0.4, -0.2) is 220 Å². The van der Waals surface area contributed by atoms with Gasteiger partial charge in [0.25, 0.3) is 0 Å². The van der Waals surface area contributed by atoms with E-state index >= 15 is 0 Å². The van der Waals surface area contributed by atoms with E-state index in [1.165, 1.54) is 0 Å². The molecule has 0 saturated heterocycles. The Hall–Kier alpha value is -3.62. The van der Waals surface area contributed by atoms with E-state index in [9.17, 15) is 78.0 Å². The van der Waals surface area contributed by atoms with Crippen molar-refractivity contribution in [2.75, 3.05) is 0 Å². The molecule has 0 aromatic heterocycles. The second-order valence-electron chi connectivity index (χ2n) is 5.70. The molecule has 0 unspecified atom stereocenters. The van der Waals surface area contributed by atoms with Gasteiger partial charge in [-0.15, -0.1) is 0 Å². The molecule has 28 nitrogen and oxygen atoms in total. The maximum atomic E-state index is 9.43. The summed E-state index contributed by atoms with van der Waals surface area (Å²) in [6, 6.07) is 0. The van der Waals surface area contributed by atoms with Gasteiger partial charge >= 0.3 is 142 Å². The van der Waals surface area contributed by atoms with Crippen LogP contribution in [0.5, 0.6) is 0 Å². The van der Waals surface area contributed by atoms with Crippen molar-refractivity contribution in [3.05, 3.63) is 0 Å². The van der Waals surface area contributed by atoms with E-state index in [0.29, 0.717) is 21.7 Å². The molecule has 52 heavy (non-hydrogen) atoms. The molecule has 11 N–H and O–H groups in total. The van der Waals surface area contributed by atoms with Crippen LogP contribution in [0.3, 0.4) is 0 Å². The van der Waals surface area contributed by atoms with Crippen molar-refractivity contribution >= 4 is 162 Å². The fourth-order valence-corrected chi connectivity index (χ4v) is 0.753. The van der Waals surface area contributed by atoms with Crippen LogP contribution in [-0.2, 0) is 60.7 Å². The zero-order valence-electron chi connectivity index (χ0n) is 24.9. The summed E-state index contributed by atoms with van der Waals surface area (Å²) in [7, 11) is 0. The molecule has 288 valence electrons. The van der Waals surface area contributed by atoms with Crippen LogP contribution < -0.4 is 20.4 Å². The van der Waals surface area contributed by atoms with Gasteiger partial charge in [-0.25, -0.2) is 0 Å². The van der Waals surface area contributed by atoms with Gasteiger partial charge in [-0.1, -0.05) is 14.9 Å². The second-order valence-corrected chi connectivity index (χ2v) is 5.70. The zero-order chi connectivity index (χ0) is 37.2. The van der Waals surface area contributed by atoms with E-state index < -0.39 is 110 Å². The third-order valence-corrected chi connectivity index (χ3v) is 1.79. The molecule has 0 bridgehead atoms. The molecule has 0 spiro atoms. The number of carboxylic acids is 12. The monoisotopic (exact) mass is 815 g/mol. The summed E-state index contributed by atoms with van der Waals surface area (Å²) in [5, 5.41) is 98.7. The van der Waals surface area contributed by atoms with Crippen LogP contribution in [0.2, 0.25) is 0 Å². The van der Waals surface area contributed by atoms with Crippen molar-refractivity contribution in [3.63, 3.8) is 0 Å². The van der Waals surface area contributed by atoms with Crippen molar-refractivity contribution in [2.45, 2.75) is 53.4 Å². The van der Waals surface area contributed by atoms with Gasteiger partial charge in [0, 0.05) is 0 Å². The Bertz CT molecular complexity index is 742. The topological polar surface area (TPSA) is 566 Å². The average Bonchev–Trinajstić information content (AvgIpc) is 2.71. The summed E-state index contributed by atoms with van der Waals surface area (Å²) in [4.78, 5) is 113. The van der Waals surface area contributed by atoms with Crippen molar-refractivity contribution < 1.29 is 138 Å². The third kappa shape index (κ3) is 230. The minimum absolute atomic E-state index is 0. The van der Waals surface area contributed by atoms with E-state index in [1.807, 2.05) is 0 Å². The van der Waals surface area contributed by atoms with Gasteiger partial charge in [0.05, 0.1) is 49.6 Å². The molecule has 0 aliphatic carbocycles. The van der Waals surface area contributed by atoms with Crippen LogP contribution in [0.4, 0.5) is 0 Å². The van der Waals surface area contributed by atoms with Crippen LogP contribution in [0, 0.1) is 0 Å². The van der Waals surface area contributed by atoms with Gasteiger partial charge in [0.1, 0.15) is 12.8 Å². The number of hydrogen-bond acceptors (Lipinski definition) is 20. The number of hydrogen-bond donors (Lipinski definition) is 8.